The Hall–Kier alpha value is -2.13. The van der Waals surface area contributed by atoms with E-state index in [1.54, 1.807) is 24.0 Å². The van der Waals surface area contributed by atoms with Crippen molar-refractivity contribution >= 4 is 15.9 Å². The molecule has 0 saturated carbocycles. The predicted octanol–water partition coefficient (Wildman–Crippen LogP) is 2.51. The molecule has 0 radical (unpaired) electrons. The van der Waals surface area contributed by atoms with Crippen molar-refractivity contribution < 1.29 is 22.2 Å². The largest absolute Gasteiger partial charge is 0.440 e. The van der Waals surface area contributed by atoms with E-state index in [1.165, 1.54) is 17.4 Å². The smallest absolute Gasteiger partial charge is 0.276 e. The van der Waals surface area contributed by atoms with Gasteiger partial charge in [-0.2, -0.15) is 4.31 Å². The first-order valence-corrected chi connectivity index (χ1v) is 10.2. The van der Waals surface area contributed by atoms with Crippen molar-refractivity contribution in [3.8, 4) is 11.5 Å². The zero-order valence-corrected chi connectivity index (χ0v) is 17.0. The monoisotopic (exact) mass is 395 g/mol. The predicted molar refractivity (Wildman–Crippen MR) is 98.3 cm³/mol. The topological polar surface area (TPSA) is 96.9 Å². The van der Waals surface area contributed by atoms with Gasteiger partial charge in [0.25, 0.3) is 10.0 Å². The zero-order valence-electron chi connectivity index (χ0n) is 16.2. The Balaban J connectivity index is 1.72. The van der Waals surface area contributed by atoms with Gasteiger partial charge in [0.1, 0.15) is 0 Å². The van der Waals surface area contributed by atoms with Crippen LogP contribution in [0.5, 0.6) is 0 Å². The highest BCUT2D eigenvalue weighted by molar-refractivity contribution is 7.89. The third kappa shape index (κ3) is 3.93. The van der Waals surface area contributed by atoms with E-state index in [0.29, 0.717) is 30.2 Å². The van der Waals surface area contributed by atoms with Crippen molar-refractivity contribution in [2.24, 2.45) is 5.92 Å². The molecule has 0 aromatic carbocycles. The van der Waals surface area contributed by atoms with Crippen LogP contribution in [0.4, 0.5) is 0 Å². The van der Waals surface area contributed by atoms with Crippen molar-refractivity contribution in [3.05, 3.63) is 23.9 Å². The summed E-state index contributed by atoms with van der Waals surface area (Å²) in [5.74, 6) is 0.679. The minimum Gasteiger partial charge on any atom is -0.440 e. The Kier molecular flexibility index (Phi) is 4.94. The molecule has 148 valence electrons. The molecule has 3 rings (SSSR count). The Morgan fingerprint density at radius 2 is 2.00 bits per heavy atom. The molecular weight excluding hydrogens is 370 g/mol. The minimum absolute atomic E-state index is 0.0529. The average Bonchev–Trinajstić information content (AvgIpc) is 3.25. The number of sulfonamides is 1. The third-order valence-corrected chi connectivity index (χ3v) is 6.34. The lowest BCUT2D eigenvalue weighted by molar-refractivity contribution is -0.131. The van der Waals surface area contributed by atoms with Crippen LogP contribution in [0, 0.1) is 12.8 Å². The zero-order chi connectivity index (χ0) is 20.0. The normalized spacial score (nSPS) is 18.7. The molecule has 2 aromatic heterocycles. The SMILES string of the molecule is Cc1cc(-c2ccc(S(=O)(=O)N(C)CC3CC(=O)N(C(C)(C)C)C3)o2)on1. The van der Waals surface area contributed by atoms with Gasteiger partial charge in [-0.15, -0.1) is 0 Å². The fourth-order valence-electron chi connectivity index (χ4n) is 3.24. The second kappa shape index (κ2) is 6.79. The van der Waals surface area contributed by atoms with Gasteiger partial charge in [0.2, 0.25) is 16.8 Å². The van der Waals surface area contributed by atoms with Crippen molar-refractivity contribution in [2.75, 3.05) is 20.1 Å². The van der Waals surface area contributed by atoms with E-state index in [0.717, 1.165) is 0 Å². The first kappa shape index (κ1) is 19.6. The number of hydrogen-bond acceptors (Lipinski definition) is 6. The standard InChI is InChI=1S/C18H25N3O5S/c1-12-8-15(26-19-12)14-6-7-17(25-14)27(23,24)20(5)10-13-9-16(22)21(11-13)18(2,3)4/h6-8,13H,9-11H2,1-5H3. The molecule has 1 aliphatic rings. The van der Waals surface area contributed by atoms with Gasteiger partial charge in [0.05, 0.1) is 5.69 Å². The number of rotatable bonds is 5. The first-order chi connectivity index (χ1) is 12.5. The van der Waals surface area contributed by atoms with E-state index in [4.69, 9.17) is 8.94 Å². The lowest BCUT2D eigenvalue weighted by atomic mass is 10.1. The van der Waals surface area contributed by atoms with Crippen molar-refractivity contribution in [1.82, 2.24) is 14.4 Å². The number of likely N-dealkylation sites (tertiary alicyclic amines) is 1. The summed E-state index contributed by atoms with van der Waals surface area (Å²) in [5, 5.41) is 3.61. The van der Waals surface area contributed by atoms with Gasteiger partial charge in [-0.05, 0) is 45.7 Å². The molecule has 0 spiro atoms. The van der Waals surface area contributed by atoms with Gasteiger partial charge in [-0.1, -0.05) is 5.16 Å². The fourth-order valence-corrected chi connectivity index (χ4v) is 4.39. The number of carbonyl (C=O) groups excluding carboxylic acids is 1. The average molecular weight is 395 g/mol. The highest BCUT2D eigenvalue weighted by Crippen LogP contribution is 2.29. The quantitative estimate of drug-likeness (QED) is 0.772. The van der Waals surface area contributed by atoms with Gasteiger partial charge >= 0.3 is 0 Å². The van der Waals surface area contributed by atoms with E-state index >= 15 is 0 Å². The molecule has 8 nitrogen and oxygen atoms in total. The van der Waals surface area contributed by atoms with Crippen molar-refractivity contribution in [2.45, 2.75) is 44.7 Å². The molecule has 9 heteroatoms. The number of hydrogen-bond donors (Lipinski definition) is 0. The Morgan fingerprint density at radius 1 is 1.30 bits per heavy atom. The summed E-state index contributed by atoms with van der Waals surface area (Å²) in [6, 6.07) is 4.62. The number of aryl methyl sites for hydroxylation is 1. The summed E-state index contributed by atoms with van der Waals surface area (Å²) in [6.07, 6.45) is 0.345. The molecule has 3 heterocycles. The van der Waals surface area contributed by atoms with E-state index in [-0.39, 0.29) is 29.0 Å². The van der Waals surface area contributed by atoms with Gasteiger partial charge < -0.3 is 13.8 Å². The molecule has 1 amide bonds. The van der Waals surface area contributed by atoms with E-state index in [9.17, 15) is 13.2 Å². The van der Waals surface area contributed by atoms with Crippen LogP contribution in [0.2, 0.25) is 0 Å². The Labute approximate surface area is 159 Å². The molecule has 27 heavy (non-hydrogen) atoms. The molecular formula is C18H25N3O5S. The maximum atomic E-state index is 12.8. The lowest BCUT2D eigenvalue weighted by Crippen LogP contribution is -2.43. The maximum Gasteiger partial charge on any atom is 0.276 e. The third-order valence-electron chi connectivity index (χ3n) is 4.65. The van der Waals surface area contributed by atoms with E-state index < -0.39 is 10.0 Å². The molecule has 1 unspecified atom stereocenters. The van der Waals surface area contributed by atoms with Crippen LogP contribution in [0.25, 0.3) is 11.5 Å². The highest BCUT2D eigenvalue weighted by atomic mass is 32.2. The number of aromatic nitrogens is 1. The second-order valence-corrected chi connectivity index (χ2v) is 9.96. The summed E-state index contributed by atoms with van der Waals surface area (Å²) < 4.78 is 37.5. The van der Waals surface area contributed by atoms with E-state index in [2.05, 4.69) is 5.16 Å². The van der Waals surface area contributed by atoms with Crippen LogP contribution in [0.1, 0.15) is 32.9 Å². The van der Waals surface area contributed by atoms with Gasteiger partial charge in [0, 0.05) is 38.2 Å². The van der Waals surface area contributed by atoms with Crippen LogP contribution in [-0.4, -0.2) is 54.4 Å². The molecule has 1 saturated heterocycles. The summed E-state index contributed by atoms with van der Waals surface area (Å²) in [6.45, 7) is 8.49. The summed E-state index contributed by atoms with van der Waals surface area (Å²) >= 11 is 0. The van der Waals surface area contributed by atoms with Crippen LogP contribution < -0.4 is 0 Å². The van der Waals surface area contributed by atoms with Crippen molar-refractivity contribution in [3.63, 3.8) is 0 Å². The molecule has 0 N–H and O–H groups in total. The molecule has 1 atom stereocenters. The summed E-state index contributed by atoms with van der Waals surface area (Å²) in [4.78, 5) is 14.0. The Morgan fingerprint density at radius 3 is 2.56 bits per heavy atom. The molecule has 2 aromatic rings. The van der Waals surface area contributed by atoms with Gasteiger partial charge in [-0.25, -0.2) is 8.42 Å². The number of amides is 1. The molecule has 1 aliphatic heterocycles. The highest BCUT2D eigenvalue weighted by Gasteiger charge is 2.38. The molecule has 1 fully saturated rings. The van der Waals surface area contributed by atoms with Crippen LogP contribution >= 0.6 is 0 Å². The first-order valence-electron chi connectivity index (χ1n) is 8.79. The minimum atomic E-state index is -3.80. The van der Waals surface area contributed by atoms with Crippen LogP contribution in [-0.2, 0) is 14.8 Å². The summed E-state index contributed by atoms with van der Waals surface area (Å²) in [7, 11) is -2.30. The van der Waals surface area contributed by atoms with E-state index in [1.807, 2.05) is 20.8 Å². The molecule has 0 bridgehead atoms. The number of nitrogens with zero attached hydrogens (tertiary/aromatic N) is 3. The lowest BCUT2D eigenvalue weighted by Gasteiger charge is -2.32. The maximum absolute atomic E-state index is 12.8. The number of furan rings is 1. The number of carbonyl (C=O) groups is 1. The second-order valence-electron chi connectivity index (χ2n) is 7.98. The molecule has 0 aliphatic carbocycles. The van der Waals surface area contributed by atoms with Crippen LogP contribution in [0.3, 0.4) is 0 Å². The van der Waals surface area contributed by atoms with Crippen molar-refractivity contribution in [1.29, 1.82) is 0 Å². The van der Waals surface area contributed by atoms with Gasteiger partial charge in [0.15, 0.2) is 5.76 Å². The summed E-state index contributed by atoms with van der Waals surface area (Å²) in [5.41, 5.74) is 0.409. The van der Waals surface area contributed by atoms with Crippen LogP contribution in [0.15, 0.2) is 32.2 Å². The Bertz CT molecular complexity index is 938. The fraction of sp³-hybridized carbons (Fsp3) is 0.556. The van der Waals surface area contributed by atoms with Gasteiger partial charge in [-0.3, -0.25) is 4.79 Å².